The first-order chi connectivity index (χ1) is 16.3. The zero-order valence-corrected chi connectivity index (χ0v) is 20.0. The number of anilines is 1. The van der Waals surface area contributed by atoms with Crippen LogP contribution < -0.4 is 10.2 Å². The topological polar surface area (TPSA) is 85.8 Å². The van der Waals surface area contributed by atoms with Gasteiger partial charge < -0.3 is 15.1 Å². The predicted octanol–water partition coefficient (Wildman–Crippen LogP) is 2.67. The minimum absolute atomic E-state index is 0.0305. The van der Waals surface area contributed by atoms with E-state index in [0.29, 0.717) is 18.9 Å². The average Bonchev–Trinajstić information content (AvgIpc) is 3.58. The van der Waals surface area contributed by atoms with Crippen molar-refractivity contribution in [1.82, 2.24) is 20.1 Å². The summed E-state index contributed by atoms with van der Waals surface area (Å²) in [5, 5.41) is 2.91. The molecule has 1 saturated carbocycles. The van der Waals surface area contributed by atoms with Gasteiger partial charge in [-0.3, -0.25) is 14.5 Å². The van der Waals surface area contributed by atoms with E-state index in [4.69, 9.17) is 0 Å². The molecule has 34 heavy (non-hydrogen) atoms. The van der Waals surface area contributed by atoms with Crippen LogP contribution in [0.1, 0.15) is 42.9 Å². The number of urea groups is 1. The lowest BCUT2D eigenvalue weighted by molar-refractivity contribution is -0.141. The van der Waals surface area contributed by atoms with Gasteiger partial charge in [0.1, 0.15) is 17.9 Å². The number of fused-ring (bicyclic) bond motifs is 2. The van der Waals surface area contributed by atoms with Gasteiger partial charge in [0.25, 0.3) is 5.91 Å². The number of pyridine rings is 1. The molecule has 1 spiro atoms. The summed E-state index contributed by atoms with van der Waals surface area (Å²) in [6, 6.07) is 11.2. The molecular formula is C26H31N5O3. The van der Waals surface area contributed by atoms with Crippen LogP contribution in [0.25, 0.3) is 0 Å². The molecule has 0 bridgehead atoms. The number of benzene rings is 1. The quantitative estimate of drug-likeness (QED) is 0.641. The Kier molecular flexibility index (Phi) is 5.54. The number of carbonyl (C=O) groups excluding carboxylic acids is 3. The van der Waals surface area contributed by atoms with Gasteiger partial charge in [0.2, 0.25) is 5.91 Å². The third-order valence-corrected chi connectivity index (χ3v) is 7.45. The molecule has 8 heteroatoms. The number of aryl methyl sites for hydroxylation is 1. The lowest BCUT2D eigenvalue weighted by atomic mass is 9.92. The van der Waals surface area contributed by atoms with Crippen molar-refractivity contribution < 1.29 is 14.4 Å². The molecule has 2 fully saturated rings. The van der Waals surface area contributed by atoms with Gasteiger partial charge in [-0.05, 0) is 61.3 Å². The number of rotatable bonds is 7. The van der Waals surface area contributed by atoms with Gasteiger partial charge in [0, 0.05) is 32.9 Å². The van der Waals surface area contributed by atoms with Gasteiger partial charge in [0.15, 0.2) is 0 Å². The molecule has 1 aliphatic heterocycles. The van der Waals surface area contributed by atoms with Crippen molar-refractivity contribution in [1.29, 1.82) is 0 Å². The monoisotopic (exact) mass is 461 g/mol. The van der Waals surface area contributed by atoms with Crippen LogP contribution in [0.3, 0.4) is 0 Å². The van der Waals surface area contributed by atoms with Crippen molar-refractivity contribution >= 4 is 23.7 Å². The van der Waals surface area contributed by atoms with Gasteiger partial charge in [0.05, 0.1) is 0 Å². The van der Waals surface area contributed by atoms with Crippen LogP contribution in [0, 0.1) is 5.92 Å². The van der Waals surface area contributed by atoms with Crippen molar-refractivity contribution in [2.75, 3.05) is 25.5 Å². The van der Waals surface area contributed by atoms with Gasteiger partial charge in [-0.15, -0.1) is 0 Å². The first-order valence-corrected chi connectivity index (χ1v) is 11.9. The van der Waals surface area contributed by atoms with E-state index < -0.39 is 11.6 Å². The first kappa shape index (κ1) is 22.4. The molecule has 1 aromatic heterocycles. The third kappa shape index (κ3) is 3.81. The molecule has 1 aromatic carbocycles. The Balaban J connectivity index is 1.35. The molecule has 2 atom stereocenters. The highest BCUT2D eigenvalue weighted by Crippen LogP contribution is 2.41. The summed E-state index contributed by atoms with van der Waals surface area (Å²) in [4.78, 5) is 49.2. The largest absolute Gasteiger partial charge is 0.363 e. The predicted molar refractivity (Wildman–Crippen MR) is 128 cm³/mol. The Bertz CT molecular complexity index is 1130. The van der Waals surface area contributed by atoms with Crippen molar-refractivity contribution in [2.24, 2.45) is 5.92 Å². The fraction of sp³-hybridized carbons (Fsp3) is 0.462. The zero-order valence-electron chi connectivity index (χ0n) is 20.0. The van der Waals surface area contributed by atoms with Gasteiger partial charge in [-0.25, -0.2) is 9.78 Å². The van der Waals surface area contributed by atoms with Crippen LogP contribution in [-0.4, -0.2) is 59.3 Å². The van der Waals surface area contributed by atoms with E-state index in [9.17, 15) is 14.4 Å². The van der Waals surface area contributed by atoms with Crippen molar-refractivity contribution in [2.45, 2.75) is 50.7 Å². The molecule has 178 valence electrons. The second-order valence-electron chi connectivity index (χ2n) is 9.90. The van der Waals surface area contributed by atoms with E-state index in [1.54, 1.807) is 11.1 Å². The molecule has 1 unspecified atom stereocenters. The Hall–Kier alpha value is -3.42. The highest BCUT2D eigenvalue weighted by atomic mass is 16.2. The Morgan fingerprint density at radius 3 is 2.65 bits per heavy atom. The lowest BCUT2D eigenvalue weighted by Gasteiger charge is -2.31. The molecule has 2 aromatic rings. The SMILES string of the molecule is CC(C1CC1)N(Cc1ccc(N(C)C)nc1)C(=O)CN1C(=O)N[C@]2(CCc3ccccc32)C1=O. The molecule has 1 saturated heterocycles. The summed E-state index contributed by atoms with van der Waals surface area (Å²) in [6.45, 7) is 2.20. The standard InChI is InChI=1S/C26H31N5O3/c1-17(19-9-10-19)30(15-18-8-11-22(27-14-18)29(2)3)23(32)16-31-24(33)26(28-25(31)34)13-12-20-6-4-5-7-21(20)26/h4-8,11,14,17,19H,9-10,12-13,15-16H2,1-3H3,(H,28,34)/t17?,26-/m0/s1. The summed E-state index contributed by atoms with van der Waals surface area (Å²) in [5.74, 6) is 0.752. The number of nitrogens with zero attached hydrogens (tertiary/aromatic N) is 4. The van der Waals surface area contributed by atoms with Crippen LogP contribution in [0.5, 0.6) is 0 Å². The van der Waals surface area contributed by atoms with E-state index in [1.165, 1.54) is 0 Å². The molecule has 3 aliphatic rings. The van der Waals surface area contributed by atoms with E-state index in [1.807, 2.05) is 55.4 Å². The van der Waals surface area contributed by atoms with Crippen LogP contribution in [-0.2, 0) is 28.1 Å². The second-order valence-corrected chi connectivity index (χ2v) is 9.90. The van der Waals surface area contributed by atoms with Crippen LogP contribution in [0.15, 0.2) is 42.6 Å². The number of imide groups is 1. The summed E-state index contributed by atoms with van der Waals surface area (Å²) >= 11 is 0. The van der Waals surface area contributed by atoms with E-state index in [-0.39, 0.29) is 24.4 Å². The maximum Gasteiger partial charge on any atom is 0.325 e. The number of nitrogens with one attached hydrogen (secondary N) is 1. The minimum atomic E-state index is -1.05. The first-order valence-electron chi connectivity index (χ1n) is 11.9. The number of hydrogen-bond acceptors (Lipinski definition) is 5. The Morgan fingerprint density at radius 1 is 1.21 bits per heavy atom. The molecular weight excluding hydrogens is 430 g/mol. The maximum absolute atomic E-state index is 13.5. The molecule has 2 heterocycles. The Morgan fingerprint density at radius 2 is 1.97 bits per heavy atom. The van der Waals surface area contributed by atoms with E-state index >= 15 is 0 Å². The maximum atomic E-state index is 13.5. The number of carbonyl (C=O) groups is 3. The third-order valence-electron chi connectivity index (χ3n) is 7.45. The van der Waals surface area contributed by atoms with Crippen molar-refractivity contribution in [3.63, 3.8) is 0 Å². The van der Waals surface area contributed by atoms with Gasteiger partial charge in [-0.1, -0.05) is 30.3 Å². The van der Waals surface area contributed by atoms with Gasteiger partial charge >= 0.3 is 6.03 Å². The molecule has 5 rings (SSSR count). The zero-order chi connectivity index (χ0) is 24.0. The minimum Gasteiger partial charge on any atom is -0.363 e. The average molecular weight is 462 g/mol. The summed E-state index contributed by atoms with van der Waals surface area (Å²) in [6.07, 6.45) is 5.21. The van der Waals surface area contributed by atoms with Crippen molar-refractivity contribution in [3.05, 3.63) is 59.3 Å². The van der Waals surface area contributed by atoms with E-state index in [2.05, 4.69) is 17.2 Å². The Labute approximate surface area is 199 Å². The summed E-state index contributed by atoms with van der Waals surface area (Å²) < 4.78 is 0. The highest BCUT2D eigenvalue weighted by Gasteiger charge is 2.55. The smallest absolute Gasteiger partial charge is 0.325 e. The number of hydrogen-bond donors (Lipinski definition) is 1. The lowest BCUT2D eigenvalue weighted by Crippen LogP contribution is -2.47. The fourth-order valence-corrected chi connectivity index (χ4v) is 5.22. The highest BCUT2D eigenvalue weighted by molar-refractivity contribution is 6.09. The fourth-order valence-electron chi connectivity index (χ4n) is 5.22. The molecule has 4 amide bonds. The number of aromatic nitrogens is 1. The van der Waals surface area contributed by atoms with Crippen LogP contribution in [0.4, 0.5) is 10.6 Å². The van der Waals surface area contributed by atoms with Crippen LogP contribution >= 0.6 is 0 Å². The number of amides is 4. The van der Waals surface area contributed by atoms with Crippen molar-refractivity contribution in [3.8, 4) is 0 Å². The molecule has 8 nitrogen and oxygen atoms in total. The molecule has 2 aliphatic carbocycles. The molecule has 0 radical (unpaired) electrons. The van der Waals surface area contributed by atoms with Gasteiger partial charge in [-0.2, -0.15) is 0 Å². The summed E-state index contributed by atoms with van der Waals surface area (Å²) in [7, 11) is 3.86. The van der Waals surface area contributed by atoms with Crippen LogP contribution in [0.2, 0.25) is 0 Å². The molecule has 1 N–H and O–H groups in total. The summed E-state index contributed by atoms with van der Waals surface area (Å²) in [5.41, 5.74) is 1.79. The normalized spacial score (nSPS) is 22.0. The second kappa shape index (κ2) is 8.42. The van der Waals surface area contributed by atoms with E-state index in [0.717, 1.165) is 46.7 Å².